The Hall–Kier alpha value is -1.57. The maximum Gasteiger partial charge on any atom is 0.503 e. The fourth-order valence-electron chi connectivity index (χ4n) is 0.127. The van der Waals surface area contributed by atoms with Crippen molar-refractivity contribution < 1.29 is 15.0 Å². The van der Waals surface area contributed by atoms with Gasteiger partial charge in [0.1, 0.15) is 0 Å². The van der Waals surface area contributed by atoms with Crippen LogP contribution in [0, 0.1) is 0 Å². The van der Waals surface area contributed by atoms with Crippen molar-refractivity contribution >= 4 is 29.4 Å². The number of carboxylic acid groups (broad SMARTS) is 2. The van der Waals surface area contributed by atoms with E-state index in [4.69, 9.17) is 32.2 Å². The molecule has 0 aliphatic carbocycles. The molecule has 7 nitrogen and oxygen atoms in total. The number of nitrogens with two attached hydrogens (primary N) is 3. The molecule has 0 aromatic carbocycles. The van der Waals surface area contributed by atoms with E-state index in [0.29, 0.717) is 0 Å². The third-order valence-electron chi connectivity index (χ3n) is 0.239. The Labute approximate surface area is 67.5 Å². The molecule has 0 fully saturated rings. The van der Waals surface area contributed by atoms with Crippen LogP contribution in [-0.2, 0) is 0 Å². The van der Waals surface area contributed by atoms with Gasteiger partial charge in [-0.3, -0.25) is 0 Å². The second kappa shape index (κ2) is 6.55. The van der Waals surface area contributed by atoms with Crippen LogP contribution in [0.15, 0.2) is 4.99 Å². The number of nitrogens with zero attached hydrogens (tertiary/aromatic N) is 1. The van der Waals surface area contributed by atoms with E-state index in [9.17, 15) is 0 Å². The minimum atomic E-state index is -1.83. The van der Waals surface area contributed by atoms with Crippen LogP contribution in [0.5, 0.6) is 0 Å². The summed E-state index contributed by atoms with van der Waals surface area (Å²) in [6.45, 7) is 0. The first-order chi connectivity index (χ1) is 4.86. The zero-order valence-corrected chi connectivity index (χ0v) is 6.21. The summed E-state index contributed by atoms with van der Waals surface area (Å²) in [5.41, 5.74) is 14.6. The van der Waals surface area contributed by atoms with Gasteiger partial charge < -0.3 is 27.4 Å². The zero-order chi connectivity index (χ0) is 9.44. The lowest BCUT2D eigenvalue weighted by Gasteiger charge is -1.84. The molecule has 64 valence electrons. The molecule has 0 saturated carbocycles. The number of thiocarbonyl (C=S) groups is 1. The number of rotatable bonds is 0. The number of aliphatic imine (C=N–C) groups is 1. The third-order valence-corrected chi connectivity index (χ3v) is 0.331. The van der Waals surface area contributed by atoms with Crippen molar-refractivity contribution in [2.75, 3.05) is 0 Å². The van der Waals surface area contributed by atoms with E-state index < -0.39 is 6.16 Å². The van der Waals surface area contributed by atoms with Crippen LogP contribution in [0.4, 0.5) is 4.79 Å². The first kappa shape index (κ1) is 12.1. The van der Waals surface area contributed by atoms with E-state index in [1.807, 2.05) is 0 Å². The first-order valence-electron chi connectivity index (χ1n) is 2.17. The van der Waals surface area contributed by atoms with Gasteiger partial charge in [-0.25, -0.2) is 4.79 Å². The van der Waals surface area contributed by atoms with Gasteiger partial charge in [0.25, 0.3) is 0 Å². The summed E-state index contributed by atoms with van der Waals surface area (Å²) in [6, 6.07) is 0. The Morgan fingerprint density at radius 3 is 1.55 bits per heavy atom. The second-order valence-corrected chi connectivity index (χ2v) is 1.58. The molecule has 0 rings (SSSR count). The van der Waals surface area contributed by atoms with Crippen LogP contribution in [0.1, 0.15) is 0 Å². The van der Waals surface area contributed by atoms with Gasteiger partial charge in [0, 0.05) is 0 Å². The van der Waals surface area contributed by atoms with Gasteiger partial charge in [0.2, 0.25) is 0 Å². The van der Waals surface area contributed by atoms with Gasteiger partial charge in [-0.2, -0.15) is 4.99 Å². The number of hydrogen-bond acceptors (Lipinski definition) is 2. The maximum absolute atomic E-state index is 8.56. The van der Waals surface area contributed by atoms with Crippen LogP contribution >= 0.6 is 12.2 Å². The molecule has 8 heteroatoms. The van der Waals surface area contributed by atoms with Crippen molar-refractivity contribution in [3.05, 3.63) is 0 Å². The Morgan fingerprint density at radius 1 is 1.27 bits per heavy atom. The average Bonchev–Trinajstić information content (AvgIpc) is 1.56. The van der Waals surface area contributed by atoms with E-state index >= 15 is 0 Å². The van der Waals surface area contributed by atoms with Crippen LogP contribution in [0.25, 0.3) is 0 Å². The van der Waals surface area contributed by atoms with E-state index in [-0.39, 0.29) is 11.1 Å². The van der Waals surface area contributed by atoms with Crippen LogP contribution in [0.2, 0.25) is 0 Å². The summed E-state index contributed by atoms with van der Waals surface area (Å²) >= 11 is 4.30. The minimum Gasteiger partial charge on any atom is -0.450 e. The lowest BCUT2D eigenvalue weighted by molar-refractivity contribution is 0.137. The van der Waals surface area contributed by atoms with E-state index in [1.165, 1.54) is 0 Å². The van der Waals surface area contributed by atoms with Gasteiger partial charge in [-0.15, -0.1) is 0 Å². The molecule has 0 radical (unpaired) electrons. The van der Waals surface area contributed by atoms with E-state index in [1.54, 1.807) is 0 Å². The summed E-state index contributed by atoms with van der Waals surface area (Å²) < 4.78 is 0. The molecule has 0 spiro atoms. The summed E-state index contributed by atoms with van der Waals surface area (Å²) in [6.07, 6.45) is -1.83. The maximum atomic E-state index is 8.56. The molecule has 0 heterocycles. The van der Waals surface area contributed by atoms with Crippen LogP contribution in [0.3, 0.4) is 0 Å². The zero-order valence-electron chi connectivity index (χ0n) is 5.39. The second-order valence-electron chi connectivity index (χ2n) is 1.16. The average molecular weight is 180 g/mol. The molecule has 0 aromatic heterocycles. The van der Waals surface area contributed by atoms with Crippen molar-refractivity contribution in [3.63, 3.8) is 0 Å². The third kappa shape index (κ3) is 59.0. The minimum absolute atomic E-state index is 0.0417. The Kier molecular flexibility index (Phi) is 7.23. The van der Waals surface area contributed by atoms with Crippen LogP contribution in [-0.4, -0.2) is 27.4 Å². The molecule has 0 amide bonds. The summed E-state index contributed by atoms with van der Waals surface area (Å²) in [7, 11) is 0. The molecule has 0 aromatic rings. The van der Waals surface area contributed by atoms with Crippen molar-refractivity contribution in [2.24, 2.45) is 22.2 Å². The largest absolute Gasteiger partial charge is 0.503 e. The lowest BCUT2D eigenvalue weighted by atomic mass is 11.0. The van der Waals surface area contributed by atoms with Gasteiger partial charge in [0.15, 0.2) is 11.1 Å². The van der Waals surface area contributed by atoms with Gasteiger partial charge >= 0.3 is 6.16 Å². The standard InChI is InChI=1S/C2H6N4S.CH2O3/c3-1(4)6-2(5)7;2-1(3)4/h(H6,3,4,5,6,7);(H2,2,3,4). The molecular weight excluding hydrogens is 172 g/mol. The number of carbonyl (C=O) groups is 1. The van der Waals surface area contributed by atoms with Gasteiger partial charge in [0.05, 0.1) is 0 Å². The fraction of sp³-hybridized carbons (Fsp3) is 0. The predicted octanol–water partition coefficient (Wildman–Crippen LogP) is -1.27. The van der Waals surface area contributed by atoms with Crippen molar-refractivity contribution in [2.45, 2.75) is 0 Å². The summed E-state index contributed by atoms with van der Waals surface area (Å²) in [4.78, 5) is 11.8. The molecule has 11 heavy (non-hydrogen) atoms. The van der Waals surface area contributed by atoms with Crippen molar-refractivity contribution in [3.8, 4) is 0 Å². The Morgan fingerprint density at radius 2 is 1.55 bits per heavy atom. The van der Waals surface area contributed by atoms with Crippen LogP contribution < -0.4 is 17.2 Å². The summed E-state index contributed by atoms with van der Waals surface area (Å²) in [5.74, 6) is -0.104. The molecule has 8 N–H and O–H groups in total. The Bertz CT molecular complexity index is 171. The molecule has 0 aliphatic rings. The van der Waals surface area contributed by atoms with Crippen molar-refractivity contribution in [1.82, 2.24) is 0 Å². The quantitative estimate of drug-likeness (QED) is 0.177. The molecule has 0 saturated heterocycles. The molecule has 0 atom stereocenters. The molecule has 0 bridgehead atoms. The van der Waals surface area contributed by atoms with E-state index in [2.05, 4.69) is 17.2 Å². The highest BCUT2D eigenvalue weighted by Crippen LogP contribution is 1.62. The number of guanidine groups is 1. The molecule has 0 aliphatic heterocycles. The lowest BCUT2D eigenvalue weighted by Crippen LogP contribution is -2.25. The van der Waals surface area contributed by atoms with Crippen molar-refractivity contribution in [1.29, 1.82) is 0 Å². The fourth-order valence-corrected chi connectivity index (χ4v) is 0.233. The van der Waals surface area contributed by atoms with E-state index in [0.717, 1.165) is 0 Å². The normalized spacial score (nSPS) is 6.91. The Balaban J connectivity index is 0. The molecular formula is C3H8N4O3S. The SMILES string of the molecule is NC(=S)N=C(N)N.O=C(O)O. The highest BCUT2D eigenvalue weighted by atomic mass is 32.1. The first-order valence-corrected chi connectivity index (χ1v) is 2.58. The highest BCUT2D eigenvalue weighted by molar-refractivity contribution is 7.80. The molecule has 0 unspecified atom stereocenters. The van der Waals surface area contributed by atoms with Gasteiger partial charge in [-0.1, -0.05) is 0 Å². The predicted molar refractivity (Wildman–Crippen MR) is 43.2 cm³/mol. The smallest absolute Gasteiger partial charge is 0.450 e. The van der Waals surface area contributed by atoms with Gasteiger partial charge in [-0.05, 0) is 12.2 Å². The highest BCUT2D eigenvalue weighted by Gasteiger charge is 1.78. The summed E-state index contributed by atoms with van der Waals surface area (Å²) in [5, 5.41) is 13.9. The monoisotopic (exact) mass is 180 g/mol. The number of hydrogen-bond donors (Lipinski definition) is 5. The topological polar surface area (TPSA) is 148 Å².